The van der Waals surface area contributed by atoms with Gasteiger partial charge in [0, 0.05) is 31.7 Å². The van der Waals surface area contributed by atoms with E-state index in [0.717, 1.165) is 11.3 Å². The molecule has 0 saturated heterocycles. The topological polar surface area (TPSA) is 82.2 Å². The van der Waals surface area contributed by atoms with Gasteiger partial charge in [-0.05, 0) is 33.3 Å². The Morgan fingerprint density at radius 1 is 1.58 bits per heavy atom. The third-order valence-electron chi connectivity index (χ3n) is 2.72. The molecule has 1 aromatic rings. The van der Waals surface area contributed by atoms with E-state index in [1.54, 1.807) is 10.9 Å². The number of aromatic nitrogens is 2. The van der Waals surface area contributed by atoms with Crippen molar-refractivity contribution >= 4 is 6.09 Å². The van der Waals surface area contributed by atoms with Crippen molar-refractivity contribution in [1.29, 1.82) is 0 Å². The summed E-state index contributed by atoms with van der Waals surface area (Å²) in [5.74, 6) is 0. The third kappa shape index (κ3) is 4.90. The number of nitrogens with two attached hydrogens (primary N) is 1. The Bertz CT molecular complexity index is 415. The molecule has 3 N–H and O–H groups in total. The second kappa shape index (κ2) is 6.06. The van der Waals surface area contributed by atoms with E-state index < -0.39 is 11.7 Å². The Balaban J connectivity index is 2.62. The van der Waals surface area contributed by atoms with Gasteiger partial charge < -0.3 is 15.8 Å². The van der Waals surface area contributed by atoms with Gasteiger partial charge in [0.25, 0.3) is 0 Å². The molecule has 0 saturated carbocycles. The lowest BCUT2D eigenvalue weighted by molar-refractivity contribution is 0.0505. The van der Waals surface area contributed by atoms with Crippen LogP contribution in [0.5, 0.6) is 0 Å². The molecule has 0 spiro atoms. The quantitative estimate of drug-likeness (QED) is 0.857. The van der Waals surface area contributed by atoms with Crippen molar-refractivity contribution in [1.82, 2.24) is 15.1 Å². The number of amides is 1. The van der Waals surface area contributed by atoms with Crippen LogP contribution < -0.4 is 11.1 Å². The second-order valence-corrected chi connectivity index (χ2v) is 5.68. The summed E-state index contributed by atoms with van der Waals surface area (Å²) < 4.78 is 7.02. The van der Waals surface area contributed by atoms with Crippen LogP contribution in [0.2, 0.25) is 0 Å². The maximum atomic E-state index is 11.7. The molecule has 0 radical (unpaired) electrons. The van der Waals surface area contributed by atoms with E-state index in [1.165, 1.54) is 0 Å². The van der Waals surface area contributed by atoms with Gasteiger partial charge in [0.1, 0.15) is 5.60 Å². The van der Waals surface area contributed by atoms with Crippen molar-refractivity contribution in [2.75, 3.05) is 6.54 Å². The Kier molecular flexibility index (Phi) is 4.94. The number of rotatable bonds is 4. The predicted molar refractivity (Wildman–Crippen MR) is 73.9 cm³/mol. The summed E-state index contributed by atoms with van der Waals surface area (Å²) >= 11 is 0. The molecule has 0 aromatic carbocycles. The Hall–Kier alpha value is -1.56. The number of nitrogens with zero attached hydrogens (tertiary/aromatic N) is 2. The molecule has 1 heterocycles. The van der Waals surface area contributed by atoms with Crippen LogP contribution in [0.4, 0.5) is 4.79 Å². The monoisotopic (exact) mass is 268 g/mol. The first-order valence-electron chi connectivity index (χ1n) is 6.40. The van der Waals surface area contributed by atoms with Gasteiger partial charge in [-0.3, -0.25) is 4.68 Å². The molecule has 108 valence electrons. The first kappa shape index (κ1) is 15.5. The van der Waals surface area contributed by atoms with Crippen LogP contribution in [0.3, 0.4) is 0 Å². The average molecular weight is 268 g/mol. The highest BCUT2D eigenvalue weighted by atomic mass is 16.6. The minimum Gasteiger partial charge on any atom is -0.444 e. The number of carbonyl (C=O) groups is 1. The summed E-state index contributed by atoms with van der Waals surface area (Å²) in [5, 5.41) is 6.96. The molecule has 1 amide bonds. The maximum Gasteiger partial charge on any atom is 0.407 e. The fourth-order valence-corrected chi connectivity index (χ4v) is 1.77. The molecule has 6 nitrogen and oxygen atoms in total. The van der Waals surface area contributed by atoms with Crippen molar-refractivity contribution < 1.29 is 9.53 Å². The number of hydrogen-bond acceptors (Lipinski definition) is 4. The number of carbonyl (C=O) groups excluding carboxylic acids is 1. The molecule has 0 bridgehead atoms. The van der Waals surface area contributed by atoms with Crippen molar-refractivity contribution in [2.45, 2.75) is 45.8 Å². The predicted octanol–water partition coefficient (Wildman–Crippen LogP) is 1.12. The van der Waals surface area contributed by atoms with E-state index in [9.17, 15) is 4.79 Å². The summed E-state index contributed by atoms with van der Waals surface area (Å²) in [7, 11) is 1.88. The largest absolute Gasteiger partial charge is 0.444 e. The number of aryl methyl sites for hydroxylation is 2. The van der Waals surface area contributed by atoms with Gasteiger partial charge in [-0.1, -0.05) is 0 Å². The molecular weight excluding hydrogens is 244 g/mol. The van der Waals surface area contributed by atoms with Crippen LogP contribution in [0.15, 0.2) is 6.20 Å². The van der Waals surface area contributed by atoms with Crippen molar-refractivity contribution in [2.24, 2.45) is 12.8 Å². The lowest BCUT2D eigenvalue weighted by atomic mass is 10.1. The molecule has 1 atom stereocenters. The van der Waals surface area contributed by atoms with Crippen molar-refractivity contribution in [3.8, 4) is 0 Å². The fraction of sp³-hybridized carbons (Fsp3) is 0.692. The maximum absolute atomic E-state index is 11.7. The Morgan fingerprint density at radius 2 is 2.21 bits per heavy atom. The highest BCUT2D eigenvalue weighted by Crippen LogP contribution is 2.10. The molecule has 0 fully saturated rings. The Labute approximate surface area is 114 Å². The van der Waals surface area contributed by atoms with Gasteiger partial charge in [-0.2, -0.15) is 5.10 Å². The third-order valence-corrected chi connectivity index (χ3v) is 2.72. The van der Waals surface area contributed by atoms with Crippen LogP contribution in [-0.4, -0.2) is 34.1 Å². The second-order valence-electron chi connectivity index (χ2n) is 5.68. The zero-order chi connectivity index (χ0) is 14.6. The van der Waals surface area contributed by atoms with E-state index in [2.05, 4.69) is 10.4 Å². The van der Waals surface area contributed by atoms with Gasteiger partial charge in [-0.25, -0.2) is 4.79 Å². The fourth-order valence-electron chi connectivity index (χ4n) is 1.77. The summed E-state index contributed by atoms with van der Waals surface area (Å²) in [6, 6.07) is -0.163. The smallest absolute Gasteiger partial charge is 0.407 e. The zero-order valence-electron chi connectivity index (χ0n) is 12.4. The van der Waals surface area contributed by atoms with Gasteiger partial charge in [0.05, 0.1) is 6.20 Å². The van der Waals surface area contributed by atoms with Crippen LogP contribution in [0.1, 0.15) is 32.0 Å². The minimum atomic E-state index is -0.508. The summed E-state index contributed by atoms with van der Waals surface area (Å²) in [6.45, 7) is 7.83. The van der Waals surface area contributed by atoms with Gasteiger partial charge in [0.15, 0.2) is 0 Å². The molecule has 19 heavy (non-hydrogen) atoms. The molecule has 1 rings (SSSR count). The lowest BCUT2D eigenvalue weighted by Crippen LogP contribution is -2.44. The van der Waals surface area contributed by atoms with Crippen LogP contribution in [0, 0.1) is 6.92 Å². The SMILES string of the molecule is Cc1cnn(C)c1CC(CN)NC(=O)OC(C)(C)C. The summed E-state index contributed by atoms with van der Waals surface area (Å²) in [5.41, 5.74) is 7.34. The molecule has 0 aliphatic carbocycles. The highest BCUT2D eigenvalue weighted by Gasteiger charge is 2.20. The standard InChI is InChI=1S/C13H24N4O2/c1-9-8-15-17(5)11(9)6-10(7-14)16-12(18)19-13(2,3)4/h8,10H,6-7,14H2,1-5H3,(H,16,18). The normalized spacial score (nSPS) is 13.2. The number of ether oxygens (including phenoxy) is 1. The van der Waals surface area contributed by atoms with Crippen LogP contribution in [-0.2, 0) is 18.2 Å². The Morgan fingerprint density at radius 3 is 2.63 bits per heavy atom. The molecule has 6 heteroatoms. The van der Waals surface area contributed by atoms with E-state index >= 15 is 0 Å². The summed E-state index contributed by atoms with van der Waals surface area (Å²) in [6.07, 6.45) is 2.00. The van der Waals surface area contributed by atoms with Gasteiger partial charge in [0.2, 0.25) is 0 Å². The van der Waals surface area contributed by atoms with Gasteiger partial charge >= 0.3 is 6.09 Å². The first-order chi connectivity index (χ1) is 8.73. The minimum absolute atomic E-state index is 0.163. The van der Waals surface area contributed by atoms with Crippen LogP contribution >= 0.6 is 0 Å². The molecule has 0 aliphatic heterocycles. The lowest BCUT2D eigenvalue weighted by Gasteiger charge is -2.23. The van der Waals surface area contributed by atoms with E-state index in [-0.39, 0.29) is 6.04 Å². The van der Waals surface area contributed by atoms with E-state index in [0.29, 0.717) is 13.0 Å². The number of nitrogens with one attached hydrogen (secondary N) is 1. The highest BCUT2D eigenvalue weighted by molar-refractivity contribution is 5.68. The number of hydrogen-bond donors (Lipinski definition) is 2. The van der Waals surface area contributed by atoms with Crippen molar-refractivity contribution in [3.05, 3.63) is 17.5 Å². The van der Waals surface area contributed by atoms with E-state index in [1.807, 2.05) is 34.7 Å². The van der Waals surface area contributed by atoms with Crippen molar-refractivity contribution in [3.63, 3.8) is 0 Å². The van der Waals surface area contributed by atoms with E-state index in [4.69, 9.17) is 10.5 Å². The average Bonchev–Trinajstić information content (AvgIpc) is 2.57. The number of alkyl carbamates (subject to hydrolysis) is 1. The summed E-state index contributed by atoms with van der Waals surface area (Å²) in [4.78, 5) is 11.7. The molecular formula is C13H24N4O2. The molecule has 0 aliphatic rings. The zero-order valence-corrected chi connectivity index (χ0v) is 12.4. The first-order valence-corrected chi connectivity index (χ1v) is 6.40. The van der Waals surface area contributed by atoms with Crippen LogP contribution in [0.25, 0.3) is 0 Å². The molecule has 1 unspecified atom stereocenters. The van der Waals surface area contributed by atoms with Gasteiger partial charge in [-0.15, -0.1) is 0 Å². The molecule has 1 aromatic heterocycles.